The number of imidazole rings is 1. The van der Waals surface area contributed by atoms with Crippen LogP contribution in [0.5, 0.6) is 0 Å². The lowest BCUT2D eigenvalue weighted by Gasteiger charge is -2.12. The number of aromatic nitrogens is 2. The van der Waals surface area contributed by atoms with Crippen LogP contribution < -0.4 is 5.73 Å². The molecule has 1 aliphatic heterocycles. The van der Waals surface area contributed by atoms with E-state index < -0.39 is 0 Å². The van der Waals surface area contributed by atoms with Crippen LogP contribution in [0.4, 0.5) is 5.69 Å². The molecule has 96 valence electrons. The second-order valence-corrected chi connectivity index (χ2v) is 5.18. The number of nitrogens with two attached hydrogens (primary N) is 1. The molecular weight excluding hydrogens is 224 g/mol. The number of anilines is 1. The zero-order chi connectivity index (χ0) is 12.5. The first-order chi connectivity index (χ1) is 8.76. The van der Waals surface area contributed by atoms with Gasteiger partial charge in [-0.3, -0.25) is 0 Å². The maximum Gasteiger partial charge on any atom is 0.113 e. The zero-order valence-corrected chi connectivity index (χ0v) is 10.8. The number of hydrogen-bond donors (Lipinski definition) is 1. The van der Waals surface area contributed by atoms with Crippen LogP contribution in [-0.2, 0) is 6.42 Å². The summed E-state index contributed by atoms with van der Waals surface area (Å²) in [7, 11) is 0. The molecule has 2 aromatic rings. The molecule has 4 heteroatoms. The number of likely N-dealkylation sites (tertiary alicyclic amines) is 1. The fourth-order valence-electron chi connectivity index (χ4n) is 2.84. The first-order valence-electron chi connectivity index (χ1n) is 6.70. The van der Waals surface area contributed by atoms with Crippen LogP contribution >= 0.6 is 0 Å². The third-order valence-corrected chi connectivity index (χ3v) is 3.92. The summed E-state index contributed by atoms with van der Waals surface area (Å²) in [5.74, 6) is 1.87. The Labute approximate surface area is 107 Å². The van der Waals surface area contributed by atoms with Crippen molar-refractivity contribution in [2.75, 3.05) is 25.4 Å². The Kier molecular flexibility index (Phi) is 2.96. The van der Waals surface area contributed by atoms with Crippen LogP contribution in [0.2, 0.25) is 0 Å². The molecule has 4 nitrogen and oxygen atoms in total. The Morgan fingerprint density at radius 3 is 3.11 bits per heavy atom. The summed E-state index contributed by atoms with van der Waals surface area (Å²) in [6, 6.07) is 3.95. The van der Waals surface area contributed by atoms with Crippen LogP contribution in [0.3, 0.4) is 0 Å². The lowest BCUT2D eigenvalue weighted by molar-refractivity contribution is 0.341. The van der Waals surface area contributed by atoms with E-state index in [0.717, 1.165) is 35.9 Å². The summed E-state index contributed by atoms with van der Waals surface area (Å²) in [6.45, 7) is 5.82. The summed E-state index contributed by atoms with van der Waals surface area (Å²) in [4.78, 5) is 7.05. The number of fused-ring (bicyclic) bond motifs is 1. The van der Waals surface area contributed by atoms with Crippen molar-refractivity contribution in [2.24, 2.45) is 5.92 Å². The molecule has 2 aromatic heterocycles. The van der Waals surface area contributed by atoms with Gasteiger partial charge in [-0.05, 0) is 37.6 Å². The molecule has 1 aliphatic rings. The molecule has 3 heterocycles. The Morgan fingerprint density at radius 2 is 2.33 bits per heavy atom. The highest BCUT2D eigenvalue weighted by molar-refractivity contribution is 5.52. The van der Waals surface area contributed by atoms with Crippen molar-refractivity contribution >= 4 is 11.2 Å². The molecule has 0 aliphatic carbocycles. The third kappa shape index (κ3) is 2.08. The highest BCUT2D eigenvalue weighted by Crippen LogP contribution is 2.21. The molecule has 0 spiro atoms. The van der Waals surface area contributed by atoms with E-state index in [4.69, 9.17) is 5.73 Å². The SMILES string of the molecule is CCN1CCC(Cc2ncc3ccc(N)cn23)C1. The number of rotatable bonds is 3. The van der Waals surface area contributed by atoms with E-state index >= 15 is 0 Å². The van der Waals surface area contributed by atoms with Gasteiger partial charge in [0.2, 0.25) is 0 Å². The summed E-state index contributed by atoms with van der Waals surface area (Å²) < 4.78 is 2.13. The van der Waals surface area contributed by atoms with E-state index in [0.29, 0.717) is 0 Å². The van der Waals surface area contributed by atoms with E-state index in [-0.39, 0.29) is 0 Å². The Morgan fingerprint density at radius 1 is 1.44 bits per heavy atom. The molecule has 18 heavy (non-hydrogen) atoms. The first-order valence-corrected chi connectivity index (χ1v) is 6.70. The van der Waals surface area contributed by atoms with Crippen molar-refractivity contribution in [3.8, 4) is 0 Å². The molecule has 1 fully saturated rings. The Bertz CT molecular complexity index is 546. The average Bonchev–Trinajstić information content (AvgIpc) is 2.97. The highest BCUT2D eigenvalue weighted by atomic mass is 15.1. The largest absolute Gasteiger partial charge is 0.398 e. The zero-order valence-electron chi connectivity index (χ0n) is 10.8. The van der Waals surface area contributed by atoms with Crippen molar-refractivity contribution in [1.29, 1.82) is 0 Å². The van der Waals surface area contributed by atoms with Crippen LogP contribution in [0.25, 0.3) is 5.52 Å². The van der Waals surface area contributed by atoms with E-state index in [1.54, 1.807) is 0 Å². The van der Waals surface area contributed by atoms with Gasteiger partial charge in [0.15, 0.2) is 0 Å². The van der Waals surface area contributed by atoms with Crippen LogP contribution in [0.15, 0.2) is 24.5 Å². The standard InChI is InChI=1S/C14H20N4/c1-2-17-6-5-11(9-17)7-14-16-8-13-4-3-12(15)10-18(13)14/h3-4,8,10-11H,2,5-7,9,15H2,1H3. The second-order valence-electron chi connectivity index (χ2n) is 5.18. The van der Waals surface area contributed by atoms with Gasteiger partial charge in [-0.2, -0.15) is 0 Å². The van der Waals surface area contributed by atoms with E-state index in [9.17, 15) is 0 Å². The predicted octanol–water partition coefficient (Wildman–Crippen LogP) is 1.80. The molecular formula is C14H20N4. The molecule has 3 rings (SSSR count). The van der Waals surface area contributed by atoms with Gasteiger partial charge in [0.1, 0.15) is 5.82 Å². The number of nitrogens with zero attached hydrogens (tertiary/aromatic N) is 3. The van der Waals surface area contributed by atoms with Gasteiger partial charge in [0.05, 0.1) is 11.7 Å². The number of hydrogen-bond acceptors (Lipinski definition) is 3. The maximum atomic E-state index is 5.85. The van der Waals surface area contributed by atoms with Gasteiger partial charge >= 0.3 is 0 Å². The molecule has 0 saturated carbocycles. The van der Waals surface area contributed by atoms with Crippen LogP contribution in [0.1, 0.15) is 19.2 Å². The minimum atomic E-state index is 0.733. The first kappa shape index (κ1) is 11.5. The molecule has 1 atom stereocenters. The van der Waals surface area contributed by atoms with Gasteiger partial charge < -0.3 is 15.0 Å². The average molecular weight is 244 g/mol. The van der Waals surface area contributed by atoms with E-state index in [2.05, 4.69) is 21.2 Å². The molecule has 1 unspecified atom stereocenters. The third-order valence-electron chi connectivity index (χ3n) is 3.92. The van der Waals surface area contributed by atoms with E-state index in [1.807, 2.05) is 24.5 Å². The van der Waals surface area contributed by atoms with Gasteiger partial charge in [-0.1, -0.05) is 6.92 Å². The minimum Gasteiger partial charge on any atom is -0.398 e. The predicted molar refractivity (Wildman–Crippen MR) is 73.5 cm³/mol. The van der Waals surface area contributed by atoms with Crippen LogP contribution in [-0.4, -0.2) is 33.9 Å². The second kappa shape index (κ2) is 4.61. The molecule has 0 radical (unpaired) electrons. The Hall–Kier alpha value is -1.55. The van der Waals surface area contributed by atoms with Gasteiger partial charge in [-0.15, -0.1) is 0 Å². The van der Waals surface area contributed by atoms with Gasteiger partial charge in [0.25, 0.3) is 0 Å². The minimum absolute atomic E-state index is 0.733. The molecule has 0 amide bonds. The van der Waals surface area contributed by atoms with Crippen LogP contribution in [0, 0.1) is 5.92 Å². The van der Waals surface area contributed by atoms with E-state index in [1.165, 1.54) is 19.5 Å². The fourth-order valence-corrected chi connectivity index (χ4v) is 2.84. The molecule has 0 bridgehead atoms. The normalized spacial score (nSPS) is 20.8. The topological polar surface area (TPSA) is 46.6 Å². The summed E-state index contributed by atoms with van der Waals surface area (Å²) >= 11 is 0. The van der Waals surface area contributed by atoms with Crippen molar-refractivity contribution < 1.29 is 0 Å². The summed E-state index contributed by atoms with van der Waals surface area (Å²) in [5, 5.41) is 0. The number of pyridine rings is 1. The molecule has 2 N–H and O–H groups in total. The van der Waals surface area contributed by atoms with Crippen molar-refractivity contribution in [1.82, 2.24) is 14.3 Å². The fraction of sp³-hybridized carbons (Fsp3) is 0.500. The summed E-state index contributed by atoms with van der Waals surface area (Å²) in [5.41, 5.74) is 7.77. The molecule has 0 aromatic carbocycles. The van der Waals surface area contributed by atoms with Gasteiger partial charge in [0, 0.05) is 24.8 Å². The number of nitrogen functional groups attached to an aromatic ring is 1. The summed E-state index contributed by atoms with van der Waals surface area (Å²) in [6.07, 6.45) is 6.24. The maximum absolute atomic E-state index is 5.85. The Balaban J connectivity index is 1.80. The highest BCUT2D eigenvalue weighted by Gasteiger charge is 2.22. The van der Waals surface area contributed by atoms with Crippen molar-refractivity contribution in [3.05, 3.63) is 30.4 Å². The quantitative estimate of drug-likeness (QED) is 0.895. The van der Waals surface area contributed by atoms with Crippen molar-refractivity contribution in [2.45, 2.75) is 19.8 Å². The lowest BCUT2D eigenvalue weighted by atomic mass is 10.0. The van der Waals surface area contributed by atoms with Gasteiger partial charge in [-0.25, -0.2) is 4.98 Å². The monoisotopic (exact) mass is 244 g/mol. The smallest absolute Gasteiger partial charge is 0.113 e. The lowest BCUT2D eigenvalue weighted by Crippen LogP contribution is -2.20. The van der Waals surface area contributed by atoms with Crippen molar-refractivity contribution in [3.63, 3.8) is 0 Å². The molecule has 1 saturated heterocycles.